The van der Waals surface area contributed by atoms with Gasteiger partial charge in [0.15, 0.2) is 0 Å². The van der Waals surface area contributed by atoms with Crippen molar-refractivity contribution in [2.24, 2.45) is 0 Å². The van der Waals surface area contributed by atoms with Crippen LogP contribution in [0.4, 0.5) is 0 Å². The van der Waals surface area contributed by atoms with Gasteiger partial charge in [0.1, 0.15) is 0 Å². The van der Waals surface area contributed by atoms with Crippen molar-refractivity contribution in [3.05, 3.63) is 34.3 Å². The summed E-state index contributed by atoms with van der Waals surface area (Å²) in [5.41, 5.74) is 0.631. The summed E-state index contributed by atoms with van der Waals surface area (Å²) >= 11 is 3.33. The number of nitrogens with one attached hydrogen (secondary N) is 1. The van der Waals surface area contributed by atoms with Gasteiger partial charge in [-0.05, 0) is 37.1 Å². The monoisotopic (exact) mass is 297 g/mol. The number of benzene rings is 1. The van der Waals surface area contributed by atoms with Gasteiger partial charge in [0, 0.05) is 10.0 Å². The molecule has 1 aliphatic carbocycles. The number of hydrogen-bond acceptors (Lipinski definition) is 2. The molecule has 2 N–H and O–H groups in total. The fourth-order valence-corrected chi connectivity index (χ4v) is 2.40. The number of hydrogen-bond donors (Lipinski definition) is 2. The molecule has 1 fully saturated rings. The van der Waals surface area contributed by atoms with Crippen LogP contribution in [0.15, 0.2) is 28.7 Å². The van der Waals surface area contributed by atoms with Gasteiger partial charge in [-0.15, -0.1) is 0 Å². The van der Waals surface area contributed by atoms with E-state index >= 15 is 0 Å². The Morgan fingerprint density at radius 1 is 1.24 bits per heavy atom. The summed E-state index contributed by atoms with van der Waals surface area (Å²) in [5, 5.41) is 12.7. The highest BCUT2D eigenvalue weighted by molar-refractivity contribution is 9.10. The maximum Gasteiger partial charge on any atom is 0.251 e. The van der Waals surface area contributed by atoms with E-state index in [0.717, 1.165) is 30.2 Å². The Morgan fingerprint density at radius 3 is 2.53 bits per heavy atom. The lowest BCUT2D eigenvalue weighted by molar-refractivity contribution is 0.0717. The van der Waals surface area contributed by atoms with Crippen LogP contribution in [0.3, 0.4) is 0 Å². The average molecular weight is 298 g/mol. The van der Waals surface area contributed by atoms with Crippen molar-refractivity contribution < 1.29 is 9.90 Å². The number of aliphatic hydroxyl groups excluding tert-OH is 1. The van der Waals surface area contributed by atoms with E-state index < -0.39 is 6.10 Å². The largest absolute Gasteiger partial charge is 0.391 e. The molecule has 0 spiro atoms. The number of carbonyl (C=O) groups is 1. The van der Waals surface area contributed by atoms with Crippen molar-refractivity contribution in [3.63, 3.8) is 0 Å². The normalized spacial score (nSPS) is 24.4. The first-order chi connectivity index (χ1) is 8.16. The molecule has 4 heteroatoms. The number of rotatable bonds is 2. The molecular weight excluding hydrogens is 282 g/mol. The second-order valence-electron chi connectivity index (χ2n) is 4.44. The van der Waals surface area contributed by atoms with Crippen molar-refractivity contribution in [2.45, 2.75) is 37.8 Å². The van der Waals surface area contributed by atoms with Crippen LogP contribution in [0.25, 0.3) is 0 Å². The Hall–Kier alpha value is -0.870. The summed E-state index contributed by atoms with van der Waals surface area (Å²) in [6, 6.07) is 7.13. The minimum Gasteiger partial charge on any atom is -0.391 e. The van der Waals surface area contributed by atoms with Crippen LogP contribution >= 0.6 is 15.9 Å². The molecule has 0 radical (unpaired) electrons. The number of amides is 1. The second kappa shape index (κ2) is 5.65. The third kappa shape index (κ3) is 3.30. The Labute approximate surface area is 109 Å². The fraction of sp³-hybridized carbons (Fsp3) is 0.462. The van der Waals surface area contributed by atoms with Gasteiger partial charge >= 0.3 is 0 Å². The molecule has 1 aliphatic rings. The first-order valence-corrected chi connectivity index (χ1v) is 6.70. The van der Waals surface area contributed by atoms with Crippen LogP contribution in [0, 0.1) is 0 Å². The van der Waals surface area contributed by atoms with Gasteiger partial charge in [0.25, 0.3) is 5.91 Å². The molecular formula is C13H16BrNO2. The molecule has 92 valence electrons. The van der Waals surface area contributed by atoms with Crippen LogP contribution in [0.1, 0.15) is 36.0 Å². The molecule has 0 heterocycles. The molecule has 1 amide bonds. The summed E-state index contributed by atoms with van der Waals surface area (Å²) in [5.74, 6) is -0.108. The van der Waals surface area contributed by atoms with Gasteiger partial charge in [0.2, 0.25) is 0 Å². The van der Waals surface area contributed by atoms with Crippen molar-refractivity contribution in [1.29, 1.82) is 0 Å². The summed E-state index contributed by atoms with van der Waals surface area (Å²) < 4.78 is 0.951. The lowest BCUT2D eigenvalue weighted by Gasteiger charge is -2.28. The van der Waals surface area contributed by atoms with Gasteiger partial charge in [-0.2, -0.15) is 0 Å². The molecule has 1 saturated carbocycles. The SMILES string of the molecule is O=C(N[C@@H]1CCCC[C@H]1O)c1ccc(Br)cc1. The molecule has 0 bridgehead atoms. The zero-order chi connectivity index (χ0) is 12.3. The van der Waals surface area contributed by atoms with E-state index in [-0.39, 0.29) is 11.9 Å². The molecule has 0 saturated heterocycles. The fourth-order valence-electron chi connectivity index (χ4n) is 2.13. The second-order valence-corrected chi connectivity index (χ2v) is 5.35. The van der Waals surface area contributed by atoms with E-state index in [1.807, 2.05) is 12.1 Å². The van der Waals surface area contributed by atoms with E-state index in [4.69, 9.17) is 0 Å². The van der Waals surface area contributed by atoms with E-state index in [0.29, 0.717) is 5.56 Å². The number of halogens is 1. The van der Waals surface area contributed by atoms with Crippen LogP contribution in [0.5, 0.6) is 0 Å². The molecule has 1 aromatic rings. The standard InChI is InChI=1S/C13H16BrNO2/c14-10-7-5-9(6-8-10)13(17)15-11-3-1-2-4-12(11)16/h5-8,11-12,16H,1-4H2,(H,15,17)/t11-,12-/m1/s1. The predicted molar refractivity (Wildman–Crippen MR) is 69.9 cm³/mol. The zero-order valence-corrected chi connectivity index (χ0v) is 11.1. The molecule has 0 aliphatic heterocycles. The summed E-state index contributed by atoms with van der Waals surface area (Å²) in [4.78, 5) is 11.9. The quantitative estimate of drug-likeness (QED) is 0.881. The van der Waals surface area contributed by atoms with Crippen molar-refractivity contribution in [3.8, 4) is 0 Å². The first kappa shape index (κ1) is 12.6. The minimum absolute atomic E-state index is 0.0973. The van der Waals surface area contributed by atoms with E-state index in [1.54, 1.807) is 12.1 Å². The maximum atomic E-state index is 11.9. The highest BCUT2D eigenvalue weighted by atomic mass is 79.9. The molecule has 17 heavy (non-hydrogen) atoms. The maximum absolute atomic E-state index is 11.9. The van der Waals surface area contributed by atoms with E-state index in [2.05, 4.69) is 21.2 Å². The smallest absolute Gasteiger partial charge is 0.251 e. The van der Waals surface area contributed by atoms with Crippen LogP contribution < -0.4 is 5.32 Å². The third-order valence-electron chi connectivity index (χ3n) is 3.15. The molecule has 3 nitrogen and oxygen atoms in total. The summed E-state index contributed by atoms with van der Waals surface area (Å²) in [7, 11) is 0. The van der Waals surface area contributed by atoms with Crippen molar-refractivity contribution in [2.75, 3.05) is 0 Å². The first-order valence-electron chi connectivity index (χ1n) is 5.91. The highest BCUT2D eigenvalue weighted by Gasteiger charge is 2.24. The molecule has 2 atom stereocenters. The topological polar surface area (TPSA) is 49.3 Å². The average Bonchev–Trinajstić information content (AvgIpc) is 2.33. The zero-order valence-electron chi connectivity index (χ0n) is 9.53. The predicted octanol–water partition coefficient (Wildman–Crippen LogP) is 2.48. The molecule has 0 aromatic heterocycles. The van der Waals surface area contributed by atoms with E-state index in [1.165, 1.54) is 0 Å². The Morgan fingerprint density at radius 2 is 1.88 bits per heavy atom. The van der Waals surface area contributed by atoms with Crippen molar-refractivity contribution in [1.82, 2.24) is 5.32 Å². The van der Waals surface area contributed by atoms with Crippen LogP contribution in [0.2, 0.25) is 0 Å². The highest BCUT2D eigenvalue weighted by Crippen LogP contribution is 2.19. The Balaban J connectivity index is 1.98. The molecule has 1 aromatic carbocycles. The van der Waals surface area contributed by atoms with Crippen molar-refractivity contribution >= 4 is 21.8 Å². The van der Waals surface area contributed by atoms with Crippen LogP contribution in [-0.2, 0) is 0 Å². The van der Waals surface area contributed by atoms with E-state index in [9.17, 15) is 9.90 Å². The Kier molecular flexibility index (Phi) is 4.18. The number of aliphatic hydroxyl groups is 1. The Bertz CT molecular complexity index is 391. The van der Waals surface area contributed by atoms with Gasteiger partial charge in [-0.1, -0.05) is 28.8 Å². The van der Waals surface area contributed by atoms with Gasteiger partial charge in [0.05, 0.1) is 12.1 Å². The van der Waals surface area contributed by atoms with Crippen LogP contribution in [-0.4, -0.2) is 23.2 Å². The molecule has 0 unspecified atom stereocenters. The lowest BCUT2D eigenvalue weighted by atomic mass is 9.92. The molecule has 2 rings (SSSR count). The summed E-state index contributed by atoms with van der Waals surface area (Å²) in [6.07, 6.45) is 3.37. The minimum atomic E-state index is -0.400. The summed E-state index contributed by atoms with van der Waals surface area (Å²) in [6.45, 7) is 0. The third-order valence-corrected chi connectivity index (χ3v) is 3.68. The lowest BCUT2D eigenvalue weighted by Crippen LogP contribution is -2.45. The van der Waals surface area contributed by atoms with Gasteiger partial charge in [-0.3, -0.25) is 4.79 Å². The number of carbonyl (C=O) groups excluding carboxylic acids is 1. The van der Waals surface area contributed by atoms with Gasteiger partial charge in [-0.25, -0.2) is 0 Å². The van der Waals surface area contributed by atoms with Gasteiger partial charge < -0.3 is 10.4 Å².